The molecule has 0 aliphatic rings. The molecule has 100 valence electrons. The maximum Gasteiger partial charge on any atom is 0.309 e. The van der Waals surface area contributed by atoms with Crippen LogP contribution in [0.25, 0.3) is 0 Å². The minimum absolute atomic E-state index is 0.197. The number of hydrogen-bond donors (Lipinski definition) is 2. The van der Waals surface area contributed by atoms with Crippen molar-refractivity contribution in [3.8, 4) is 5.75 Å². The summed E-state index contributed by atoms with van der Waals surface area (Å²) in [5, 5.41) is 9.06. The van der Waals surface area contributed by atoms with Crippen LogP contribution in [0.5, 0.6) is 5.75 Å². The number of carbonyl (C=O) groups is 1. The highest BCUT2D eigenvalue weighted by molar-refractivity contribution is 5.73. The van der Waals surface area contributed by atoms with Gasteiger partial charge in [-0.3, -0.25) is 4.79 Å². The minimum Gasteiger partial charge on any atom is -0.496 e. The molecule has 4 nitrogen and oxygen atoms in total. The summed E-state index contributed by atoms with van der Waals surface area (Å²) in [4.78, 5) is 11.0. The van der Waals surface area contributed by atoms with Crippen LogP contribution in [-0.4, -0.2) is 18.2 Å². The highest BCUT2D eigenvalue weighted by Gasteiger charge is 2.31. The number of rotatable bonds is 5. The van der Waals surface area contributed by atoms with Gasteiger partial charge in [-0.15, -0.1) is 0 Å². The van der Waals surface area contributed by atoms with Gasteiger partial charge in [0.1, 0.15) is 11.6 Å². The van der Waals surface area contributed by atoms with Crippen molar-refractivity contribution in [1.82, 2.24) is 0 Å². The molecule has 1 unspecified atom stereocenters. The van der Waals surface area contributed by atoms with Gasteiger partial charge in [0.25, 0.3) is 0 Å². The van der Waals surface area contributed by atoms with Crippen LogP contribution in [0.1, 0.15) is 31.9 Å². The van der Waals surface area contributed by atoms with Crippen LogP contribution < -0.4 is 10.5 Å². The first-order chi connectivity index (χ1) is 8.27. The lowest BCUT2D eigenvalue weighted by Crippen LogP contribution is -2.29. The van der Waals surface area contributed by atoms with E-state index in [-0.39, 0.29) is 6.42 Å². The monoisotopic (exact) mass is 255 g/mol. The van der Waals surface area contributed by atoms with E-state index in [1.807, 2.05) is 0 Å². The number of benzene rings is 1. The first-order valence-corrected chi connectivity index (χ1v) is 5.60. The molecule has 1 atom stereocenters. The number of halogens is 1. The number of hydrogen-bond acceptors (Lipinski definition) is 3. The highest BCUT2D eigenvalue weighted by atomic mass is 19.1. The fourth-order valence-corrected chi connectivity index (χ4v) is 1.74. The zero-order valence-corrected chi connectivity index (χ0v) is 10.7. The van der Waals surface area contributed by atoms with Gasteiger partial charge >= 0.3 is 5.97 Å². The number of carboxylic acids is 1. The van der Waals surface area contributed by atoms with Crippen molar-refractivity contribution in [3.05, 3.63) is 29.6 Å². The Morgan fingerprint density at radius 2 is 2.17 bits per heavy atom. The number of carboxylic acid groups (broad SMARTS) is 1. The average Bonchev–Trinajstić information content (AvgIpc) is 2.28. The lowest BCUT2D eigenvalue weighted by Gasteiger charge is -2.24. The van der Waals surface area contributed by atoms with Crippen LogP contribution in [0, 0.1) is 11.2 Å². The molecule has 0 aromatic heterocycles. The molecule has 1 aromatic carbocycles. The molecule has 18 heavy (non-hydrogen) atoms. The molecule has 3 N–H and O–H groups in total. The molecule has 0 heterocycles. The summed E-state index contributed by atoms with van der Waals surface area (Å²) >= 11 is 0. The van der Waals surface area contributed by atoms with Crippen molar-refractivity contribution >= 4 is 5.97 Å². The molecule has 1 rings (SSSR count). The van der Waals surface area contributed by atoms with E-state index in [9.17, 15) is 9.18 Å². The Hall–Kier alpha value is -1.62. The van der Waals surface area contributed by atoms with Crippen LogP contribution in [-0.2, 0) is 4.79 Å². The summed E-state index contributed by atoms with van der Waals surface area (Å²) in [5.41, 5.74) is 5.46. The van der Waals surface area contributed by atoms with E-state index in [0.29, 0.717) is 11.3 Å². The second-order valence-corrected chi connectivity index (χ2v) is 4.89. The summed E-state index contributed by atoms with van der Waals surface area (Å²) in [6.45, 7) is 3.17. The lowest BCUT2D eigenvalue weighted by atomic mass is 9.84. The average molecular weight is 255 g/mol. The largest absolute Gasteiger partial charge is 0.496 e. The van der Waals surface area contributed by atoms with Crippen molar-refractivity contribution in [2.75, 3.05) is 7.11 Å². The molecule has 0 amide bonds. The zero-order chi connectivity index (χ0) is 13.9. The van der Waals surface area contributed by atoms with E-state index in [0.717, 1.165) is 0 Å². The van der Waals surface area contributed by atoms with Crippen LogP contribution in [0.4, 0.5) is 4.39 Å². The first-order valence-electron chi connectivity index (χ1n) is 5.60. The Morgan fingerprint density at radius 1 is 1.56 bits per heavy atom. The zero-order valence-electron chi connectivity index (χ0n) is 10.7. The predicted molar refractivity (Wildman–Crippen MR) is 65.9 cm³/mol. The van der Waals surface area contributed by atoms with E-state index in [2.05, 4.69) is 0 Å². The smallest absolute Gasteiger partial charge is 0.309 e. The van der Waals surface area contributed by atoms with Gasteiger partial charge in [0.2, 0.25) is 0 Å². The minimum atomic E-state index is -0.975. The lowest BCUT2D eigenvalue weighted by molar-refractivity contribution is -0.147. The Balaban J connectivity index is 3.00. The molecule has 1 aromatic rings. The third kappa shape index (κ3) is 3.20. The van der Waals surface area contributed by atoms with Crippen LogP contribution >= 0.6 is 0 Å². The van der Waals surface area contributed by atoms with Gasteiger partial charge in [0, 0.05) is 11.6 Å². The Bertz CT molecular complexity index is 446. The maximum absolute atomic E-state index is 13.2. The Kier molecular flexibility index (Phi) is 4.29. The molecule has 0 fully saturated rings. The molecule has 0 aliphatic carbocycles. The molecular weight excluding hydrogens is 237 g/mol. The van der Waals surface area contributed by atoms with Gasteiger partial charge in [-0.05, 0) is 38.5 Å². The van der Waals surface area contributed by atoms with E-state index in [1.165, 1.54) is 25.3 Å². The second-order valence-electron chi connectivity index (χ2n) is 4.89. The maximum atomic E-state index is 13.2. The SMILES string of the molecule is COc1ccc(F)cc1C(N)CC(C)(C)C(=O)O. The third-order valence-corrected chi connectivity index (χ3v) is 2.90. The van der Waals surface area contributed by atoms with Crippen molar-refractivity contribution < 1.29 is 19.0 Å². The van der Waals surface area contributed by atoms with E-state index < -0.39 is 23.2 Å². The van der Waals surface area contributed by atoms with Crippen molar-refractivity contribution in [1.29, 1.82) is 0 Å². The van der Waals surface area contributed by atoms with Crippen molar-refractivity contribution in [3.63, 3.8) is 0 Å². The molecule has 0 spiro atoms. The summed E-state index contributed by atoms with van der Waals surface area (Å²) in [6, 6.07) is 3.44. The van der Waals surface area contributed by atoms with E-state index in [1.54, 1.807) is 13.8 Å². The molecule has 0 saturated heterocycles. The molecule has 5 heteroatoms. The second kappa shape index (κ2) is 5.35. The molecule has 0 radical (unpaired) electrons. The topological polar surface area (TPSA) is 72.5 Å². The fourth-order valence-electron chi connectivity index (χ4n) is 1.74. The van der Waals surface area contributed by atoms with E-state index >= 15 is 0 Å². The molecular formula is C13H18FNO3. The quantitative estimate of drug-likeness (QED) is 0.847. The highest BCUT2D eigenvalue weighted by Crippen LogP contribution is 2.33. The standard InChI is InChI=1S/C13H18FNO3/c1-13(2,12(16)17)7-10(15)9-6-8(14)4-5-11(9)18-3/h4-6,10H,7,15H2,1-3H3,(H,16,17). The molecule has 0 saturated carbocycles. The van der Waals surface area contributed by atoms with Gasteiger partial charge in [0.05, 0.1) is 12.5 Å². The van der Waals surface area contributed by atoms with Gasteiger partial charge < -0.3 is 15.6 Å². The Labute approximate surface area is 106 Å². The van der Waals surface area contributed by atoms with Crippen molar-refractivity contribution in [2.24, 2.45) is 11.1 Å². The van der Waals surface area contributed by atoms with Gasteiger partial charge in [-0.1, -0.05) is 0 Å². The number of nitrogens with two attached hydrogens (primary N) is 1. The molecule has 0 bridgehead atoms. The Morgan fingerprint density at radius 3 is 2.67 bits per heavy atom. The van der Waals surface area contributed by atoms with E-state index in [4.69, 9.17) is 15.6 Å². The van der Waals surface area contributed by atoms with Gasteiger partial charge in [0.15, 0.2) is 0 Å². The number of methoxy groups -OCH3 is 1. The van der Waals surface area contributed by atoms with Gasteiger partial charge in [-0.2, -0.15) is 0 Å². The fraction of sp³-hybridized carbons (Fsp3) is 0.462. The number of ether oxygens (including phenoxy) is 1. The summed E-state index contributed by atoms with van der Waals surface area (Å²) in [6.07, 6.45) is 0.197. The first kappa shape index (κ1) is 14.4. The third-order valence-electron chi connectivity index (χ3n) is 2.90. The number of aliphatic carboxylic acids is 1. The van der Waals surface area contributed by atoms with Crippen LogP contribution in [0.2, 0.25) is 0 Å². The summed E-state index contributed by atoms with van der Waals surface area (Å²) < 4.78 is 18.3. The summed E-state index contributed by atoms with van der Waals surface area (Å²) in [7, 11) is 1.46. The predicted octanol–water partition coefficient (Wildman–Crippen LogP) is 2.33. The molecule has 0 aliphatic heterocycles. The van der Waals surface area contributed by atoms with Crippen LogP contribution in [0.3, 0.4) is 0 Å². The summed E-state index contributed by atoms with van der Waals surface area (Å²) in [5.74, 6) is -0.896. The van der Waals surface area contributed by atoms with Gasteiger partial charge in [-0.25, -0.2) is 4.39 Å². The normalized spacial score (nSPS) is 13.2. The van der Waals surface area contributed by atoms with Crippen LogP contribution in [0.15, 0.2) is 18.2 Å². The van der Waals surface area contributed by atoms with Crippen molar-refractivity contribution in [2.45, 2.75) is 26.3 Å².